The first-order valence-electron chi connectivity index (χ1n) is 11.4. The smallest absolute Gasteiger partial charge is 0.319 e. The van der Waals surface area contributed by atoms with E-state index in [1.807, 2.05) is 0 Å². The van der Waals surface area contributed by atoms with Gasteiger partial charge in [-0.25, -0.2) is 0 Å². The lowest BCUT2D eigenvalue weighted by molar-refractivity contribution is -0.162. The Hall–Kier alpha value is -0.260. The Morgan fingerprint density at radius 3 is 2.46 bits per heavy atom. The van der Waals surface area contributed by atoms with E-state index >= 15 is 0 Å². The van der Waals surface area contributed by atoms with Gasteiger partial charge >= 0.3 is 5.97 Å². The van der Waals surface area contributed by atoms with E-state index in [-0.39, 0.29) is 11.8 Å². The molecule has 4 nitrogen and oxygen atoms in total. The van der Waals surface area contributed by atoms with Crippen LogP contribution >= 0.6 is 12.6 Å². The zero-order valence-corrected chi connectivity index (χ0v) is 18.3. The minimum atomic E-state index is -1.14. The average Bonchev–Trinajstić information content (AvgIpc) is 2.91. The predicted molar refractivity (Wildman–Crippen MR) is 112 cm³/mol. The van der Waals surface area contributed by atoms with Crippen LogP contribution in [0.25, 0.3) is 0 Å². The van der Waals surface area contributed by atoms with Gasteiger partial charge in [-0.2, -0.15) is 12.6 Å². The number of hydrogen-bond donors (Lipinski definition) is 4. The minimum Gasteiger partial charge on any atom is -0.480 e. The Morgan fingerprint density at radius 2 is 1.75 bits per heavy atom. The number of carbonyl (C=O) groups is 1. The molecule has 0 saturated heterocycles. The number of hydrogen-bond acceptors (Lipinski definition) is 4. The van der Waals surface area contributed by atoms with Crippen LogP contribution in [0, 0.1) is 34.5 Å². The van der Waals surface area contributed by atoms with Gasteiger partial charge in [0.15, 0.2) is 0 Å². The topological polar surface area (TPSA) is 77.8 Å². The van der Waals surface area contributed by atoms with E-state index in [9.17, 15) is 20.1 Å². The lowest BCUT2D eigenvalue weighted by atomic mass is 9.44. The van der Waals surface area contributed by atoms with Gasteiger partial charge in [-0.1, -0.05) is 26.7 Å². The molecule has 28 heavy (non-hydrogen) atoms. The molecule has 0 spiro atoms. The number of carboxylic acids is 1. The molecule has 4 fully saturated rings. The van der Waals surface area contributed by atoms with Crippen LogP contribution in [0.5, 0.6) is 0 Å². The Balaban J connectivity index is 1.56. The summed E-state index contributed by atoms with van der Waals surface area (Å²) in [7, 11) is 0. The molecule has 0 aliphatic heterocycles. The predicted octanol–water partition coefficient (Wildman–Crippen LogP) is 4.28. The molecule has 0 bridgehead atoms. The highest BCUT2D eigenvalue weighted by atomic mass is 32.1. The number of aliphatic hydroxyl groups excluding tert-OH is 1. The molecule has 0 aromatic carbocycles. The first-order chi connectivity index (χ1) is 13.1. The molecule has 4 aliphatic carbocycles. The van der Waals surface area contributed by atoms with E-state index in [1.165, 1.54) is 44.9 Å². The summed E-state index contributed by atoms with van der Waals surface area (Å²) in [6, 6.07) is 0. The number of rotatable bonds is 4. The molecule has 0 heterocycles. The Labute approximate surface area is 174 Å². The van der Waals surface area contributed by atoms with Crippen molar-refractivity contribution in [1.82, 2.24) is 0 Å². The number of thiol groups is 1. The fraction of sp³-hybridized carbons (Fsp3) is 0.957. The van der Waals surface area contributed by atoms with Crippen LogP contribution in [-0.4, -0.2) is 38.2 Å². The quantitative estimate of drug-likeness (QED) is 0.522. The van der Waals surface area contributed by atoms with E-state index in [4.69, 9.17) is 0 Å². The lowest BCUT2D eigenvalue weighted by Gasteiger charge is -2.61. The van der Waals surface area contributed by atoms with Crippen molar-refractivity contribution in [3.8, 4) is 0 Å². The molecule has 3 N–H and O–H groups in total. The van der Waals surface area contributed by atoms with Gasteiger partial charge in [0.05, 0.1) is 11.7 Å². The van der Waals surface area contributed by atoms with Gasteiger partial charge in [-0.05, 0) is 85.9 Å². The normalized spacial score (nSPS) is 50.2. The molecule has 0 aromatic rings. The number of aliphatic hydroxyl groups is 2. The van der Waals surface area contributed by atoms with E-state index in [2.05, 4.69) is 26.5 Å². The zero-order valence-electron chi connectivity index (χ0n) is 17.4. The number of carboxylic acid groups (broad SMARTS) is 1. The molecule has 3 unspecified atom stereocenters. The summed E-state index contributed by atoms with van der Waals surface area (Å²) >= 11 is 4.05. The maximum atomic E-state index is 11.6. The molecule has 4 rings (SSSR count). The molecular weight excluding hydrogens is 372 g/mol. The van der Waals surface area contributed by atoms with Crippen LogP contribution in [0.15, 0.2) is 0 Å². The summed E-state index contributed by atoms with van der Waals surface area (Å²) in [6.45, 7) is 4.77. The van der Waals surface area contributed by atoms with Crippen LogP contribution in [0.1, 0.15) is 84.5 Å². The molecule has 0 aromatic heterocycles. The first-order valence-corrected chi connectivity index (χ1v) is 12.0. The monoisotopic (exact) mass is 410 g/mol. The average molecular weight is 411 g/mol. The van der Waals surface area contributed by atoms with Crippen LogP contribution in [0.4, 0.5) is 0 Å². The van der Waals surface area contributed by atoms with Crippen molar-refractivity contribution in [2.45, 2.75) is 101 Å². The van der Waals surface area contributed by atoms with Gasteiger partial charge in [0.25, 0.3) is 0 Å². The van der Waals surface area contributed by atoms with Crippen LogP contribution in [-0.2, 0) is 4.79 Å². The van der Waals surface area contributed by atoms with Gasteiger partial charge in [-0.15, -0.1) is 0 Å². The molecule has 9 atom stereocenters. The summed E-state index contributed by atoms with van der Waals surface area (Å²) < 4.78 is 0. The molecule has 4 aliphatic rings. The third-order valence-corrected chi connectivity index (χ3v) is 10.6. The van der Waals surface area contributed by atoms with Gasteiger partial charge < -0.3 is 15.3 Å². The second-order valence-corrected chi connectivity index (χ2v) is 11.5. The summed E-state index contributed by atoms with van der Waals surface area (Å²) in [5.41, 5.74) is -0.732. The van der Waals surface area contributed by atoms with E-state index in [0.717, 1.165) is 24.7 Å². The van der Waals surface area contributed by atoms with E-state index in [1.54, 1.807) is 0 Å². The first kappa shape index (κ1) is 21.0. The van der Waals surface area contributed by atoms with Crippen molar-refractivity contribution >= 4 is 18.6 Å². The molecule has 0 amide bonds. The summed E-state index contributed by atoms with van der Waals surface area (Å²) in [4.78, 5) is 11.2. The largest absolute Gasteiger partial charge is 0.480 e. The molecule has 4 saturated carbocycles. The number of aliphatic carboxylic acids is 1. The van der Waals surface area contributed by atoms with E-state index < -0.39 is 22.9 Å². The van der Waals surface area contributed by atoms with Crippen LogP contribution in [0.3, 0.4) is 0 Å². The highest BCUT2D eigenvalue weighted by molar-refractivity contribution is 7.81. The standard InChI is InChI=1S/C23H38O4S/c1-21-10-4-3-5-14(21)6-7-15-16(21)8-11-22(2)17(15)9-12-23(22,27)13-18(24)19(28)20(25)26/h14-19,24,27-28H,3-13H2,1-2H3,(H,25,26)/t14?,15-,16+,17+,18?,19?,21+,22+,23+/m1/s1. The SMILES string of the molecule is C[C@]12CCCCC1CC[C@@H]1[C@@H]2CC[C@@]2(C)[C@H]1CC[C@]2(O)CC(O)C(S)C(=O)O. The maximum absolute atomic E-state index is 11.6. The van der Waals surface area contributed by atoms with Gasteiger partial charge in [0.1, 0.15) is 5.25 Å². The molecule has 160 valence electrons. The second-order valence-electron chi connectivity index (χ2n) is 11.0. The summed E-state index contributed by atoms with van der Waals surface area (Å²) in [5.74, 6) is 1.70. The molecular formula is C23H38O4S. The minimum absolute atomic E-state index is 0.123. The Kier molecular flexibility index (Phi) is 5.37. The third-order valence-electron chi connectivity index (χ3n) is 10.1. The van der Waals surface area contributed by atoms with Gasteiger partial charge in [0.2, 0.25) is 0 Å². The molecule has 5 heteroatoms. The highest BCUT2D eigenvalue weighted by Crippen LogP contribution is 2.68. The Morgan fingerprint density at radius 1 is 1.04 bits per heavy atom. The van der Waals surface area contributed by atoms with Crippen molar-refractivity contribution < 1.29 is 20.1 Å². The van der Waals surface area contributed by atoms with E-state index in [0.29, 0.717) is 23.7 Å². The summed E-state index contributed by atoms with van der Waals surface area (Å²) in [6.07, 6.45) is 11.0. The lowest BCUT2D eigenvalue weighted by Crippen LogP contribution is -2.57. The number of fused-ring (bicyclic) bond motifs is 5. The third kappa shape index (κ3) is 2.98. The molecule has 0 radical (unpaired) electrons. The van der Waals surface area contributed by atoms with Crippen molar-refractivity contribution in [2.75, 3.05) is 0 Å². The van der Waals surface area contributed by atoms with Gasteiger partial charge in [-0.3, -0.25) is 4.79 Å². The fourth-order valence-electron chi connectivity index (χ4n) is 8.36. The zero-order chi connectivity index (χ0) is 20.3. The van der Waals surface area contributed by atoms with Crippen molar-refractivity contribution in [3.63, 3.8) is 0 Å². The van der Waals surface area contributed by atoms with Crippen molar-refractivity contribution in [3.05, 3.63) is 0 Å². The Bertz CT molecular complexity index is 626. The van der Waals surface area contributed by atoms with Crippen molar-refractivity contribution in [1.29, 1.82) is 0 Å². The van der Waals surface area contributed by atoms with Gasteiger partial charge in [0, 0.05) is 6.42 Å². The highest BCUT2D eigenvalue weighted by Gasteiger charge is 2.64. The maximum Gasteiger partial charge on any atom is 0.319 e. The summed E-state index contributed by atoms with van der Waals surface area (Å²) in [5, 5.41) is 30.1. The second kappa shape index (κ2) is 7.16. The van der Waals surface area contributed by atoms with Crippen LogP contribution < -0.4 is 0 Å². The fourth-order valence-corrected chi connectivity index (χ4v) is 8.47. The van der Waals surface area contributed by atoms with Crippen molar-refractivity contribution in [2.24, 2.45) is 34.5 Å². The van der Waals surface area contributed by atoms with Crippen LogP contribution in [0.2, 0.25) is 0 Å².